The molecule has 0 fully saturated rings. The van der Waals surface area contributed by atoms with Crippen molar-refractivity contribution < 1.29 is 9.18 Å². The maximum atomic E-state index is 13.1. The molecule has 0 saturated heterocycles. The van der Waals surface area contributed by atoms with Gasteiger partial charge in [-0.2, -0.15) is 5.10 Å². The zero-order chi connectivity index (χ0) is 19.8. The van der Waals surface area contributed by atoms with Crippen LogP contribution in [0.4, 0.5) is 4.39 Å². The molecule has 1 aliphatic heterocycles. The summed E-state index contributed by atoms with van der Waals surface area (Å²) in [6, 6.07) is 17.4. The van der Waals surface area contributed by atoms with E-state index in [0.717, 1.165) is 17.0 Å². The molecule has 3 heterocycles. The Morgan fingerprint density at radius 2 is 1.79 bits per heavy atom. The number of carbonyl (C=O) groups is 1. The van der Waals surface area contributed by atoms with Crippen LogP contribution in [0.5, 0.6) is 0 Å². The number of aromatic amines is 1. The third kappa shape index (κ3) is 3.18. The van der Waals surface area contributed by atoms with E-state index in [1.807, 2.05) is 41.0 Å². The molecule has 8 heteroatoms. The molecule has 0 bridgehead atoms. The van der Waals surface area contributed by atoms with E-state index in [9.17, 15) is 9.18 Å². The Hall–Kier alpha value is -3.81. The van der Waals surface area contributed by atoms with Crippen LogP contribution < -0.4 is 0 Å². The Morgan fingerprint density at radius 3 is 2.59 bits per heavy atom. The van der Waals surface area contributed by atoms with Crippen molar-refractivity contribution in [2.75, 3.05) is 6.54 Å². The molecular weight excluding hydrogens is 371 g/mol. The van der Waals surface area contributed by atoms with Crippen LogP contribution in [-0.4, -0.2) is 42.3 Å². The summed E-state index contributed by atoms with van der Waals surface area (Å²) in [5.74, 6) is 0.897. The summed E-state index contributed by atoms with van der Waals surface area (Å²) in [5.41, 5.74) is 3.09. The lowest BCUT2D eigenvalue weighted by Gasteiger charge is -2.27. The van der Waals surface area contributed by atoms with Crippen molar-refractivity contribution in [1.82, 2.24) is 29.9 Å². The molecule has 4 aromatic rings. The highest BCUT2D eigenvalue weighted by Gasteiger charge is 2.26. The van der Waals surface area contributed by atoms with Gasteiger partial charge in [-0.15, -0.1) is 10.2 Å². The van der Waals surface area contributed by atoms with Crippen LogP contribution >= 0.6 is 0 Å². The molecule has 2 aromatic heterocycles. The Morgan fingerprint density at radius 1 is 1.00 bits per heavy atom. The summed E-state index contributed by atoms with van der Waals surface area (Å²) in [6.07, 6.45) is 0. The minimum absolute atomic E-state index is 0.145. The minimum atomic E-state index is -0.362. The summed E-state index contributed by atoms with van der Waals surface area (Å²) in [7, 11) is 0. The van der Waals surface area contributed by atoms with Crippen LogP contribution in [0.2, 0.25) is 0 Å². The molecule has 7 nitrogen and oxygen atoms in total. The highest BCUT2D eigenvalue weighted by atomic mass is 19.1. The topological polar surface area (TPSA) is 79.7 Å². The summed E-state index contributed by atoms with van der Waals surface area (Å²) in [5, 5.41) is 16.0. The number of halogens is 1. The number of nitrogens with zero attached hydrogens (tertiary/aromatic N) is 5. The van der Waals surface area contributed by atoms with Crippen molar-refractivity contribution in [2.45, 2.75) is 13.1 Å². The molecule has 0 aliphatic carbocycles. The standard InChI is InChI=1S/C21H17FN6O/c22-16-8-6-15(7-9-16)21(29)27-10-11-28-19(13-27)25-26-20(28)18-12-17(23-24-18)14-4-2-1-3-5-14/h1-9,12H,10-11,13H2,(H,23,24). The van der Waals surface area contributed by atoms with Gasteiger partial charge in [-0.05, 0) is 30.3 Å². The quantitative estimate of drug-likeness (QED) is 0.585. The van der Waals surface area contributed by atoms with E-state index < -0.39 is 0 Å². The van der Waals surface area contributed by atoms with Crippen LogP contribution in [0.25, 0.3) is 22.8 Å². The molecule has 0 radical (unpaired) electrons. The van der Waals surface area contributed by atoms with Crippen LogP contribution in [0.15, 0.2) is 60.7 Å². The van der Waals surface area contributed by atoms with Gasteiger partial charge in [-0.3, -0.25) is 9.89 Å². The molecule has 1 aliphatic rings. The number of nitrogens with one attached hydrogen (secondary N) is 1. The molecule has 0 atom stereocenters. The van der Waals surface area contributed by atoms with Crippen LogP contribution in [0, 0.1) is 5.82 Å². The summed E-state index contributed by atoms with van der Waals surface area (Å²) < 4.78 is 15.1. The molecule has 1 amide bonds. The van der Waals surface area contributed by atoms with E-state index >= 15 is 0 Å². The first-order valence-corrected chi connectivity index (χ1v) is 9.27. The Bertz CT molecular complexity index is 1170. The predicted octanol–water partition coefficient (Wildman–Crippen LogP) is 3.13. The van der Waals surface area contributed by atoms with Crippen molar-refractivity contribution in [3.8, 4) is 22.8 Å². The number of benzene rings is 2. The number of carbonyl (C=O) groups excluding carboxylic acids is 1. The van der Waals surface area contributed by atoms with Gasteiger partial charge in [-0.25, -0.2) is 4.39 Å². The monoisotopic (exact) mass is 388 g/mol. The third-order valence-corrected chi connectivity index (χ3v) is 5.02. The summed E-state index contributed by atoms with van der Waals surface area (Å²) in [6.45, 7) is 1.45. The van der Waals surface area contributed by atoms with Crippen molar-refractivity contribution in [1.29, 1.82) is 0 Å². The van der Waals surface area contributed by atoms with E-state index in [-0.39, 0.29) is 11.7 Å². The highest BCUT2D eigenvalue weighted by Crippen LogP contribution is 2.25. The highest BCUT2D eigenvalue weighted by molar-refractivity contribution is 5.94. The van der Waals surface area contributed by atoms with Gasteiger partial charge in [0.1, 0.15) is 11.5 Å². The second-order valence-corrected chi connectivity index (χ2v) is 6.86. The zero-order valence-electron chi connectivity index (χ0n) is 15.4. The number of H-pyrrole nitrogens is 1. The summed E-state index contributed by atoms with van der Waals surface area (Å²) in [4.78, 5) is 14.4. The Labute approximate surface area is 165 Å². The molecule has 5 rings (SSSR count). The molecule has 0 unspecified atom stereocenters. The van der Waals surface area contributed by atoms with Gasteiger partial charge in [0.05, 0.1) is 12.2 Å². The van der Waals surface area contributed by atoms with Gasteiger partial charge in [-0.1, -0.05) is 30.3 Å². The molecular formula is C21H17FN6O. The SMILES string of the molecule is O=C(c1ccc(F)cc1)N1CCn2c(nnc2-c2cc(-c3ccccc3)n[nH]2)C1. The Balaban J connectivity index is 1.38. The molecule has 0 spiro atoms. The first-order chi connectivity index (χ1) is 14.2. The fourth-order valence-corrected chi connectivity index (χ4v) is 3.50. The minimum Gasteiger partial charge on any atom is -0.329 e. The van der Waals surface area contributed by atoms with E-state index in [1.165, 1.54) is 24.3 Å². The fraction of sp³-hybridized carbons (Fsp3) is 0.143. The lowest BCUT2D eigenvalue weighted by Crippen LogP contribution is -2.38. The first kappa shape index (κ1) is 17.3. The van der Waals surface area contributed by atoms with Gasteiger partial charge < -0.3 is 9.47 Å². The van der Waals surface area contributed by atoms with Gasteiger partial charge >= 0.3 is 0 Å². The largest absolute Gasteiger partial charge is 0.329 e. The average Bonchev–Trinajstić information content (AvgIpc) is 3.41. The average molecular weight is 388 g/mol. The van der Waals surface area contributed by atoms with E-state index in [1.54, 1.807) is 4.90 Å². The summed E-state index contributed by atoms with van der Waals surface area (Å²) >= 11 is 0. The smallest absolute Gasteiger partial charge is 0.254 e. The number of rotatable bonds is 3. The van der Waals surface area contributed by atoms with E-state index in [4.69, 9.17) is 0 Å². The first-order valence-electron chi connectivity index (χ1n) is 9.27. The second kappa shape index (κ2) is 6.97. The van der Waals surface area contributed by atoms with Crippen molar-refractivity contribution >= 4 is 5.91 Å². The maximum Gasteiger partial charge on any atom is 0.254 e. The zero-order valence-corrected chi connectivity index (χ0v) is 15.4. The van der Waals surface area contributed by atoms with Crippen LogP contribution in [0.1, 0.15) is 16.2 Å². The van der Waals surface area contributed by atoms with Crippen molar-refractivity contribution in [3.05, 3.63) is 77.9 Å². The number of aromatic nitrogens is 5. The van der Waals surface area contributed by atoms with Crippen molar-refractivity contribution in [3.63, 3.8) is 0 Å². The lowest BCUT2D eigenvalue weighted by molar-refractivity contribution is 0.0708. The number of amides is 1. The van der Waals surface area contributed by atoms with Crippen LogP contribution in [-0.2, 0) is 13.1 Å². The Kier molecular flexibility index (Phi) is 4.16. The molecule has 1 N–H and O–H groups in total. The molecule has 144 valence electrons. The van der Waals surface area contributed by atoms with E-state index in [2.05, 4.69) is 20.4 Å². The lowest BCUT2D eigenvalue weighted by atomic mass is 10.1. The van der Waals surface area contributed by atoms with Gasteiger partial charge in [0.2, 0.25) is 0 Å². The normalized spacial score (nSPS) is 13.3. The van der Waals surface area contributed by atoms with Gasteiger partial charge in [0.25, 0.3) is 5.91 Å². The van der Waals surface area contributed by atoms with Crippen LogP contribution in [0.3, 0.4) is 0 Å². The fourth-order valence-electron chi connectivity index (χ4n) is 3.50. The number of fused-ring (bicyclic) bond motifs is 1. The second-order valence-electron chi connectivity index (χ2n) is 6.86. The number of hydrogen-bond donors (Lipinski definition) is 1. The molecule has 2 aromatic carbocycles. The van der Waals surface area contributed by atoms with Gasteiger partial charge in [0, 0.05) is 24.2 Å². The van der Waals surface area contributed by atoms with Crippen molar-refractivity contribution in [2.24, 2.45) is 0 Å². The molecule has 29 heavy (non-hydrogen) atoms. The third-order valence-electron chi connectivity index (χ3n) is 5.02. The maximum absolute atomic E-state index is 13.1. The van der Waals surface area contributed by atoms with E-state index in [0.29, 0.717) is 36.8 Å². The van der Waals surface area contributed by atoms with Gasteiger partial charge in [0.15, 0.2) is 11.6 Å². The number of hydrogen-bond acceptors (Lipinski definition) is 4. The predicted molar refractivity (Wildman–Crippen MR) is 104 cm³/mol. The molecule has 0 saturated carbocycles.